The summed E-state index contributed by atoms with van der Waals surface area (Å²) in [6.45, 7) is 1.36. The smallest absolute Gasteiger partial charge is 0.387 e. The number of rotatable bonds is 3. The molecule has 0 fully saturated rings. The minimum atomic E-state index is -4.50. The van der Waals surface area contributed by atoms with E-state index in [1.807, 2.05) is 0 Å². The number of nitrogens with one attached hydrogen (secondary N) is 1. The monoisotopic (exact) mass is 274 g/mol. The molecule has 1 atom stereocenters. The van der Waals surface area contributed by atoms with Gasteiger partial charge >= 0.3 is 6.18 Å². The van der Waals surface area contributed by atoms with E-state index in [2.05, 4.69) is 4.98 Å². The summed E-state index contributed by atoms with van der Waals surface area (Å²) >= 11 is 0. The summed E-state index contributed by atoms with van der Waals surface area (Å²) in [4.78, 5) is 4.33. The fourth-order valence-corrected chi connectivity index (χ4v) is 2.54. The van der Waals surface area contributed by atoms with Crippen LogP contribution in [-0.2, 0) is 19.4 Å². The van der Waals surface area contributed by atoms with E-state index < -0.39 is 17.9 Å². The topological polar surface area (TPSA) is 67.7 Å². The summed E-state index contributed by atoms with van der Waals surface area (Å²) in [5.41, 5.74) is 6.87. The molecule has 0 spiro atoms. The van der Waals surface area contributed by atoms with E-state index >= 15 is 0 Å². The minimum Gasteiger partial charge on any atom is -0.387 e. The lowest BCUT2D eigenvalue weighted by Crippen LogP contribution is -2.38. The molecule has 2 rings (SSSR count). The number of amidine groups is 1. The van der Waals surface area contributed by atoms with E-state index in [9.17, 15) is 13.2 Å². The molecule has 106 valence electrons. The maximum atomic E-state index is 12.9. The number of nitrogens with two attached hydrogens (primary N) is 1. The highest BCUT2D eigenvalue weighted by molar-refractivity contribution is 5.80. The van der Waals surface area contributed by atoms with Crippen LogP contribution >= 0.6 is 0 Å². The number of aryl methyl sites for hydroxylation is 2. The van der Waals surface area contributed by atoms with Crippen LogP contribution in [0.2, 0.25) is 0 Å². The molecule has 4 nitrogen and oxygen atoms in total. The van der Waals surface area contributed by atoms with Gasteiger partial charge in [0.25, 0.3) is 0 Å². The number of imidazole rings is 1. The van der Waals surface area contributed by atoms with Crippen molar-refractivity contribution in [3.63, 3.8) is 0 Å². The fraction of sp³-hybridized carbons (Fsp3) is 0.667. The largest absolute Gasteiger partial charge is 0.400 e. The van der Waals surface area contributed by atoms with Crippen LogP contribution < -0.4 is 5.73 Å². The Hall–Kier alpha value is -1.53. The summed E-state index contributed by atoms with van der Waals surface area (Å²) in [5.74, 6) is -2.21. The van der Waals surface area contributed by atoms with Gasteiger partial charge < -0.3 is 10.3 Å². The molecule has 1 aliphatic rings. The van der Waals surface area contributed by atoms with Gasteiger partial charge in [-0.05, 0) is 32.6 Å². The first-order chi connectivity index (χ1) is 8.80. The van der Waals surface area contributed by atoms with E-state index in [1.54, 1.807) is 11.5 Å². The fourth-order valence-electron chi connectivity index (χ4n) is 2.54. The Morgan fingerprint density at radius 1 is 1.42 bits per heavy atom. The number of hydrogen-bond donors (Lipinski definition) is 2. The zero-order valence-electron chi connectivity index (χ0n) is 10.7. The maximum Gasteiger partial charge on any atom is 0.400 e. The SMILES string of the molecule is Cc1nc2c(n1CC(C(=N)N)C(F)(F)F)CCCC2. The average molecular weight is 274 g/mol. The molecule has 3 N–H and O–H groups in total. The number of alkyl halides is 3. The van der Waals surface area contributed by atoms with Crippen molar-refractivity contribution in [3.8, 4) is 0 Å². The van der Waals surface area contributed by atoms with Gasteiger partial charge in [-0.1, -0.05) is 0 Å². The molecule has 0 radical (unpaired) electrons. The highest BCUT2D eigenvalue weighted by Gasteiger charge is 2.42. The first kappa shape index (κ1) is 13.9. The highest BCUT2D eigenvalue weighted by atomic mass is 19.4. The van der Waals surface area contributed by atoms with Crippen molar-refractivity contribution in [2.45, 2.75) is 45.3 Å². The first-order valence-corrected chi connectivity index (χ1v) is 6.26. The van der Waals surface area contributed by atoms with Gasteiger partial charge in [-0.15, -0.1) is 0 Å². The number of fused-ring (bicyclic) bond motifs is 1. The van der Waals surface area contributed by atoms with Gasteiger partial charge in [0.05, 0.1) is 5.69 Å². The van der Waals surface area contributed by atoms with Crippen molar-refractivity contribution in [2.24, 2.45) is 11.7 Å². The summed E-state index contributed by atoms with van der Waals surface area (Å²) in [5, 5.41) is 7.14. The van der Waals surface area contributed by atoms with Crippen molar-refractivity contribution >= 4 is 5.84 Å². The van der Waals surface area contributed by atoms with Crippen LogP contribution in [0.4, 0.5) is 13.2 Å². The maximum absolute atomic E-state index is 12.9. The van der Waals surface area contributed by atoms with E-state index in [-0.39, 0.29) is 6.54 Å². The van der Waals surface area contributed by atoms with Gasteiger partial charge in [0, 0.05) is 12.2 Å². The molecule has 0 saturated heterocycles. The van der Waals surface area contributed by atoms with Crippen LogP contribution in [0.15, 0.2) is 0 Å². The molecule has 1 unspecified atom stereocenters. The second kappa shape index (κ2) is 4.86. The number of hydrogen-bond acceptors (Lipinski definition) is 2. The normalized spacial score (nSPS) is 17.1. The molecule has 0 saturated carbocycles. The molecule has 1 aromatic heterocycles. The third-order valence-electron chi connectivity index (χ3n) is 3.56. The standard InChI is InChI=1S/C12H17F3N4/c1-7-18-9-4-2-3-5-10(9)19(7)6-8(11(16)17)12(13,14)15/h8H,2-6H2,1H3,(H3,16,17). The van der Waals surface area contributed by atoms with Gasteiger partial charge in [0.15, 0.2) is 0 Å². The molecule has 1 aromatic rings. The predicted molar refractivity (Wildman–Crippen MR) is 65.1 cm³/mol. The second-order valence-corrected chi connectivity index (χ2v) is 4.92. The molecular weight excluding hydrogens is 257 g/mol. The molecule has 1 heterocycles. The van der Waals surface area contributed by atoms with Crippen LogP contribution in [0.3, 0.4) is 0 Å². The number of nitrogens with zero attached hydrogens (tertiary/aromatic N) is 2. The van der Waals surface area contributed by atoms with Gasteiger partial charge in [0.2, 0.25) is 0 Å². The molecule has 1 aliphatic carbocycles. The lowest BCUT2D eigenvalue weighted by Gasteiger charge is -2.22. The Balaban J connectivity index is 2.32. The summed E-state index contributed by atoms with van der Waals surface area (Å²) in [6.07, 6.45) is -0.934. The molecule has 0 aromatic carbocycles. The van der Waals surface area contributed by atoms with Gasteiger partial charge in [0.1, 0.15) is 17.6 Å². The molecular formula is C12H17F3N4. The highest BCUT2D eigenvalue weighted by Crippen LogP contribution is 2.30. The third-order valence-corrected chi connectivity index (χ3v) is 3.56. The Bertz CT molecular complexity index is 490. The number of aromatic nitrogens is 2. The molecule has 0 amide bonds. The van der Waals surface area contributed by atoms with E-state index in [0.29, 0.717) is 5.82 Å². The van der Waals surface area contributed by atoms with Crippen LogP contribution in [0.25, 0.3) is 0 Å². The lowest BCUT2D eigenvalue weighted by molar-refractivity contribution is -0.158. The Kier molecular flexibility index (Phi) is 3.56. The van der Waals surface area contributed by atoms with Crippen molar-refractivity contribution in [3.05, 3.63) is 17.2 Å². The zero-order chi connectivity index (χ0) is 14.2. The summed E-state index contributed by atoms with van der Waals surface area (Å²) in [7, 11) is 0. The molecule has 0 aliphatic heterocycles. The Morgan fingerprint density at radius 3 is 2.63 bits per heavy atom. The second-order valence-electron chi connectivity index (χ2n) is 4.92. The van der Waals surface area contributed by atoms with Crippen molar-refractivity contribution in [1.82, 2.24) is 9.55 Å². The minimum absolute atomic E-state index is 0.340. The van der Waals surface area contributed by atoms with Crippen molar-refractivity contribution < 1.29 is 13.2 Å². The van der Waals surface area contributed by atoms with E-state index in [1.165, 1.54) is 0 Å². The average Bonchev–Trinajstić information content (AvgIpc) is 2.59. The Labute approximate surface area is 109 Å². The first-order valence-electron chi connectivity index (χ1n) is 6.26. The van der Waals surface area contributed by atoms with Gasteiger partial charge in [-0.2, -0.15) is 13.2 Å². The van der Waals surface area contributed by atoms with Crippen LogP contribution in [-0.4, -0.2) is 21.6 Å². The zero-order valence-corrected chi connectivity index (χ0v) is 10.7. The van der Waals surface area contributed by atoms with Crippen molar-refractivity contribution in [1.29, 1.82) is 5.41 Å². The molecule has 0 bridgehead atoms. The predicted octanol–water partition coefficient (Wildman–Crippen LogP) is 2.18. The van der Waals surface area contributed by atoms with Crippen molar-refractivity contribution in [2.75, 3.05) is 0 Å². The number of halogens is 3. The van der Waals surface area contributed by atoms with E-state index in [4.69, 9.17) is 11.1 Å². The van der Waals surface area contributed by atoms with Gasteiger partial charge in [-0.25, -0.2) is 4.98 Å². The Morgan fingerprint density at radius 2 is 2.05 bits per heavy atom. The lowest BCUT2D eigenvalue weighted by atomic mass is 10.0. The quantitative estimate of drug-likeness (QED) is 0.655. The third kappa shape index (κ3) is 2.74. The van der Waals surface area contributed by atoms with Gasteiger partial charge in [-0.3, -0.25) is 5.41 Å². The van der Waals surface area contributed by atoms with Crippen LogP contribution in [0.1, 0.15) is 30.1 Å². The van der Waals surface area contributed by atoms with Crippen LogP contribution in [0, 0.1) is 18.3 Å². The molecule has 19 heavy (non-hydrogen) atoms. The summed E-state index contributed by atoms with van der Waals surface area (Å²) in [6, 6.07) is 0. The summed E-state index contributed by atoms with van der Waals surface area (Å²) < 4.78 is 40.2. The molecule has 7 heteroatoms. The van der Waals surface area contributed by atoms with E-state index in [0.717, 1.165) is 37.1 Å². The van der Waals surface area contributed by atoms with Crippen LogP contribution in [0.5, 0.6) is 0 Å².